The lowest BCUT2D eigenvalue weighted by molar-refractivity contribution is 0.138. The van der Waals surface area contributed by atoms with Gasteiger partial charge in [-0.3, -0.25) is 0 Å². The monoisotopic (exact) mass is 242 g/mol. The van der Waals surface area contributed by atoms with Crippen molar-refractivity contribution in [2.75, 3.05) is 13.1 Å². The van der Waals surface area contributed by atoms with Gasteiger partial charge in [0.05, 0.1) is 6.10 Å². The second kappa shape index (κ2) is 7.54. The lowest BCUT2D eigenvalue weighted by Gasteiger charge is -2.25. The molecular formula is C13H26N2O2. The van der Waals surface area contributed by atoms with Crippen molar-refractivity contribution in [1.29, 1.82) is 0 Å². The Hall–Kier alpha value is -0.770. The summed E-state index contributed by atoms with van der Waals surface area (Å²) in [6.07, 6.45) is 5.84. The molecule has 4 heteroatoms. The molecule has 0 aromatic heterocycles. The molecule has 1 saturated heterocycles. The van der Waals surface area contributed by atoms with Crippen LogP contribution in [0, 0.1) is 0 Å². The van der Waals surface area contributed by atoms with Gasteiger partial charge in [-0.25, -0.2) is 4.79 Å². The van der Waals surface area contributed by atoms with E-state index in [4.69, 9.17) is 0 Å². The summed E-state index contributed by atoms with van der Waals surface area (Å²) in [6, 6.07) is 0.269. The third-order valence-electron chi connectivity index (χ3n) is 3.31. The summed E-state index contributed by atoms with van der Waals surface area (Å²) < 4.78 is 0. The van der Waals surface area contributed by atoms with Gasteiger partial charge in [0.25, 0.3) is 0 Å². The number of urea groups is 1. The number of unbranched alkanes of at least 4 members (excludes halogenated alkanes) is 2. The van der Waals surface area contributed by atoms with E-state index in [2.05, 4.69) is 12.2 Å². The summed E-state index contributed by atoms with van der Waals surface area (Å²) in [5, 5.41) is 12.4. The normalized spacial score (nSPS) is 21.6. The molecule has 17 heavy (non-hydrogen) atoms. The van der Waals surface area contributed by atoms with Crippen LogP contribution in [0.1, 0.15) is 52.4 Å². The molecule has 0 saturated carbocycles. The van der Waals surface area contributed by atoms with Crippen LogP contribution in [-0.2, 0) is 0 Å². The molecule has 0 aliphatic carbocycles. The van der Waals surface area contributed by atoms with Crippen molar-refractivity contribution < 1.29 is 9.90 Å². The van der Waals surface area contributed by atoms with E-state index in [1.807, 2.05) is 4.90 Å². The number of rotatable bonds is 6. The van der Waals surface area contributed by atoms with Crippen molar-refractivity contribution in [3.8, 4) is 0 Å². The first-order chi connectivity index (χ1) is 8.15. The minimum Gasteiger partial charge on any atom is -0.393 e. The number of hydrogen-bond donors (Lipinski definition) is 2. The van der Waals surface area contributed by atoms with Crippen LogP contribution in [0.3, 0.4) is 0 Å². The average Bonchev–Trinajstić information content (AvgIpc) is 2.71. The number of nitrogens with zero attached hydrogens (tertiary/aromatic N) is 1. The van der Waals surface area contributed by atoms with Gasteiger partial charge in [0.15, 0.2) is 0 Å². The average molecular weight is 242 g/mol. The van der Waals surface area contributed by atoms with E-state index in [0.29, 0.717) is 6.42 Å². The third-order valence-corrected chi connectivity index (χ3v) is 3.31. The molecule has 0 bridgehead atoms. The van der Waals surface area contributed by atoms with Crippen molar-refractivity contribution in [2.45, 2.75) is 64.5 Å². The fraction of sp³-hybridized carbons (Fsp3) is 0.923. The number of carbonyl (C=O) groups excluding carboxylic acids is 1. The summed E-state index contributed by atoms with van der Waals surface area (Å²) in [5.41, 5.74) is 0. The lowest BCUT2D eigenvalue weighted by Crippen LogP contribution is -2.44. The predicted octanol–water partition coefficient (Wildman–Crippen LogP) is 2.12. The van der Waals surface area contributed by atoms with Crippen LogP contribution in [0.25, 0.3) is 0 Å². The van der Waals surface area contributed by atoms with Crippen molar-refractivity contribution >= 4 is 6.03 Å². The van der Waals surface area contributed by atoms with Crippen LogP contribution in [0.5, 0.6) is 0 Å². The van der Waals surface area contributed by atoms with Crippen LogP contribution in [0.2, 0.25) is 0 Å². The maximum Gasteiger partial charge on any atom is 0.317 e. The highest BCUT2D eigenvalue weighted by Gasteiger charge is 2.29. The van der Waals surface area contributed by atoms with Gasteiger partial charge in [0, 0.05) is 19.1 Å². The maximum absolute atomic E-state index is 11.9. The largest absolute Gasteiger partial charge is 0.393 e. The molecule has 1 rings (SSSR count). The van der Waals surface area contributed by atoms with Gasteiger partial charge in [0.2, 0.25) is 0 Å². The number of nitrogens with one attached hydrogen (secondary N) is 1. The van der Waals surface area contributed by atoms with Crippen molar-refractivity contribution in [3.63, 3.8) is 0 Å². The minimum absolute atomic E-state index is 0.0456. The zero-order chi connectivity index (χ0) is 12.7. The first-order valence-electron chi connectivity index (χ1n) is 6.87. The molecule has 1 fully saturated rings. The fourth-order valence-electron chi connectivity index (χ4n) is 2.41. The molecule has 1 aliphatic heterocycles. The van der Waals surface area contributed by atoms with Crippen LogP contribution >= 0.6 is 0 Å². The van der Waals surface area contributed by atoms with Crippen LogP contribution in [0.15, 0.2) is 0 Å². The number of aliphatic hydroxyl groups excluding tert-OH is 1. The smallest absolute Gasteiger partial charge is 0.317 e. The van der Waals surface area contributed by atoms with Gasteiger partial charge in [-0.15, -0.1) is 0 Å². The van der Waals surface area contributed by atoms with Crippen LogP contribution in [-0.4, -0.2) is 41.3 Å². The van der Waals surface area contributed by atoms with Gasteiger partial charge in [0.1, 0.15) is 0 Å². The first-order valence-corrected chi connectivity index (χ1v) is 6.87. The third kappa shape index (κ3) is 4.94. The Morgan fingerprint density at radius 1 is 1.53 bits per heavy atom. The Bertz CT molecular complexity index is 231. The summed E-state index contributed by atoms with van der Waals surface area (Å²) in [4.78, 5) is 13.8. The second-order valence-electron chi connectivity index (χ2n) is 5.01. The summed E-state index contributed by atoms with van der Waals surface area (Å²) in [7, 11) is 0. The standard InChI is InChI=1S/C13H26N2O2/c1-3-4-5-8-14-13(17)15-9-6-7-12(15)10-11(2)16/h11-12,16H,3-10H2,1-2H3,(H,14,17). The number of likely N-dealkylation sites (tertiary alicyclic amines) is 1. The van der Waals surface area contributed by atoms with E-state index in [0.717, 1.165) is 38.8 Å². The Labute approximate surface area is 104 Å². The van der Waals surface area contributed by atoms with Crippen molar-refractivity contribution in [1.82, 2.24) is 10.2 Å². The van der Waals surface area contributed by atoms with E-state index < -0.39 is 0 Å². The van der Waals surface area contributed by atoms with Gasteiger partial charge in [-0.1, -0.05) is 19.8 Å². The number of aliphatic hydroxyl groups is 1. The molecule has 2 atom stereocenters. The fourth-order valence-corrected chi connectivity index (χ4v) is 2.41. The van der Waals surface area contributed by atoms with Gasteiger partial charge in [-0.05, 0) is 32.6 Å². The van der Waals surface area contributed by atoms with E-state index in [1.165, 1.54) is 6.42 Å². The summed E-state index contributed by atoms with van der Waals surface area (Å²) in [6.45, 7) is 5.54. The molecular weight excluding hydrogens is 216 g/mol. The first kappa shape index (κ1) is 14.3. The zero-order valence-corrected chi connectivity index (χ0v) is 11.1. The quantitative estimate of drug-likeness (QED) is 0.701. The highest BCUT2D eigenvalue weighted by atomic mass is 16.3. The molecule has 4 nitrogen and oxygen atoms in total. The van der Waals surface area contributed by atoms with Gasteiger partial charge < -0.3 is 15.3 Å². The maximum atomic E-state index is 11.9. The molecule has 2 unspecified atom stereocenters. The molecule has 1 heterocycles. The van der Waals surface area contributed by atoms with Crippen LogP contribution in [0.4, 0.5) is 4.79 Å². The molecule has 0 aromatic rings. The van der Waals surface area contributed by atoms with E-state index in [-0.39, 0.29) is 18.2 Å². The Kier molecular flexibility index (Phi) is 6.34. The lowest BCUT2D eigenvalue weighted by atomic mass is 10.1. The number of hydrogen-bond acceptors (Lipinski definition) is 2. The van der Waals surface area contributed by atoms with E-state index in [9.17, 15) is 9.90 Å². The number of amides is 2. The highest BCUT2D eigenvalue weighted by Crippen LogP contribution is 2.21. The molecule has 0 spiro atoms. The molecule has 2 N–H and O–H groups in total. The minimum atomic E-state index is -0.325. The Morgan fingerprint density at radius 2 is 2.29 bits per heavy atom. The zero-order valence-electron chi connectivity index (χ0n) is 11.1. The SMILES string of the molecule is CCCCCNC(=O)N1CCCC1CC(C)O. The van der Waals surface area contributed by atoms with E-state index >= 15 is 0 Å². The highest BCUT2D eigenvalue weighted by molar-refractivity contribution is 5.74. The molecule has 0 radical (unpaired) electrons. The molecule has 0 aromatic carbocycles. The van der Waals surface area contributed by atoms with Gasteiger partial charge >= 0.3 is 6.03 Å². The molecule has 2 amide bonds. The summed E-state index contributed by atoms with van der Waals surface area (Å²) >= 11 is 0. The second-order valence-corrected chi connectivity index (χ2v) is 5.01. The van der Waals surface area contributed by atoms with E-state index in [1.54, 1.807) is 6.92 Å². The topological polar surface area (TPSA) is 52.6 Å². The van der Waals surface area contributed by atoms with Crippen molar-refractivity contribution in [3.05, 3.63) is 0 Å². The van der Waals surface area contributed by atoms with Crippen LogP contribution < -0.4 is 5.32 Å². The summed E-state index contributed by atoms with van der Waals surface area (Å²) in [5.74, 6) is 0. The van der Waals surface area contributed by atoms with Crippen molar-refractivity contribution in [2.24, 2.45) is 0 Å². The Balaban J connectivity index is 2.29. The van der Waals surface area contributed by atoms with Gasteiger partial charge in [-0.2, -0.15) is 0 Å². The number of carbonyl (C=O) groups is 1. The Morgan fingerprint density at radius 3 is 2.94 bits per heavy atom. The molecule has 1 aliphatic rings. The predicted molar refractivity (Wildman–Crippen MR) is 68.9 cm³/mol. The molecule has 100 valence electrons.